The van der Waals surface area contributed by atoms with Crippen molar-refractivity contribution in [3.8, 4) is 11.1 Å². The molecular weight excluding hydrogens is 422 g/mol. The van der Waals surface area contributed by atoms with Gasteiger partial charge in [-0.25, -0.2) is 4.98 Å². The molecule has 30 heavy (non-hydrogen) atoms. The van der Waals surface area contributed by atoms with Gasteiger partial charge in [-0.15, -0.1) is 21.5 Å². The van der Waals surface area contributed by atoms with Crippen molar-refractivity contribution in [1.82, 2.24) is 19.7 Å². The average molecular weight is 442 g/mol. The fourth-order valence-corrected chi connectivity index (χ4v) is 4.85. The molecule has 1 N–H and O–H groups in total. The van der Waals surface area contributed by atoms with Gasteiger partial charge in [-0.05, 0) is 19.4 Å². The number of hydrogen-bond acceptors (Lipinski definition) is 8. The van der Waals surface area contributed by atoms with Gasteiger partial charge in [-0.1, -0.05) is 41.2 Å². The molecule has 8 nitrogen and oxygen atoms in total. The number of anilines is 1. The molecule has 0 radical (unpaired) electrons. The molecule has 0 atom stereocenters. The van der Waals surface area contributed by atoms with Gasteiger partial charge in [0.2, 0.25) is 11.0 Å². The first-order chi connectivity index (χ1) is 14.5. The van der Waals surface area contributed by atoms with Crippen LogP contribution in [0.3, 0.4) is 0 Å². The highest BCUT2D eigenvalue weighted by molar-refractivity contribution is 7.19. The lowest BCUT2D eigenvalue weighted by atomic mass is 10.0. The Hall–Kier alpha value is -2.95. The Morgan fingerprint density at radius 2 is 1.93 bits per heavy atom. The summed E-state index contributed by atoms with van der Waals surface area (Å²) in [6, 6.07) is 8.03. The summed E-state index contributed by atoms with van der Waals surface area (Å²) in [5.41, 5.74) is 2.74. The van der Waals surface area contributed by atoms with E-state index in [1.807, 2.05) is 38.1 Å². The zero-order valence-corrected chi connectivity index (χ0v) is 18.3. The van der Waals surface area contributed by atoms with Crippen LogP contribution >= 0.6 is 22.7 Å². The summed E-state index contributed by atoms with van der Waals surface area (Å²) in [4.78, 5) is 31.7. The van der Waals surface area contributed by atoms with Gasteiger partial charge in [0.15, 0.2) is 0 Å². The van der Waals surface area contributed by atoms with E-state index in [2.05, 4.69) is 20.5 Å². The fraction of sp³-hybridized carbons (Fsp3) is 0.250. The largest absolute Gasteiger partial charge is 0.377 e. The van der Waals surface area contributed by atoms with Gasteiger partial charge in [-0.3, -0.25) is 19.5 Å². The molecule has 0 fully saturated rings. The second-order valence-electron chi connectivity index (χ2n) is 6.74. The number of aromatic nitrogens is 4. The van der Waals surface area contributed by atoms with Gasteiger partial charge < -0.3 is 4.74 Å². The van der Waals surface area contributed by atoms with Crippen molar-refractivity contribution in [2.24, 2.45) is 0 Å². The van der Waals surface area contributed by atoms with E-state index in [1.54, 1.807) is 7.11 Å². The number of amides is 1. The van der Waals surface area contributed by atoms with E-state index >= 15 is 0 Å². The number of carbonyl (C=O) groups is 1. The Balaban J connectivity index is 1.64. The van der Waals surface area contributed by atoms with Crippen molar-refractivity contribution in [3.05, 3.63) is 56.4 Å². The molecule has 0 aliphatic rings. The van der Waals surface area contributed by atoms with Gasteiger partial charge >= 0.3 is 0 Å². The number of fused-ring (bicyclic) bond motifs is 1. The van der Waals surface area contributed by atoms with Crippen LogP contribution in [0, 0.1) is 13.8 Å². The number of nitrogens with one attached hydrogen (secondary N) is 1. The van der Waals surface area contributed by atoms with Gasteiger partial charge in [0.1, 0.15) is 23.0 Å². The number of nitrogens with zero attached hydrogens (tertiary/aromatic N) is 4. The Labute approximate surface area is 180 Å². The minimum Gasteiger partial charge on any atom is -0.377 e. The molecule has 0 aliphatic heterocycles. The predicted molar refractivity (Wildman–Crippen MR) is 118 cm³/mol. The molecular formula is C20H19N5O3S2. The van der Waals surface area contributed by atoms with E-state index in [9.17, 15) is 9.59 Å². The average Bonchev–Trinajstić information content (AvgIpc) is 3.29. The molecule has 0 unspecified atom stereocenters. The van der Waals surface area contributed by atoms with Crippen LogP contribution in [0.1, 0.15) is 15.4 Å². The summed E-state index contributed by atoms with van der Waals surface area (Å²) in [6.45, 7) is 4.16. The highest BCUT2D eigenvalue weighted by Gasteiger charge is 2.18. The van der Waals surface area contributed by atoms with Gasteiger partial charge in [0.25, 0.3) is 5.56 Å². The molecule has 0 saturated carbocycles. The van der Waals surface area contributed by atoms with Crippen LogP contribution < -0.4 is 10.9 Å². The smallest absolute Gasteiger partial charge is 0.263 e. The first kappa shape index (κ1) is 20.3. The quantitative estimate of drug-likeness (QED) is 0.492. The zero-order valence-electron chi connectivity index (χ0n) is 16.6. The van der Waals surface area contributed by atoms with Crippen LogP contribution in [0.4, 0.5) is 5.13 Å². The Morgan fingerprint density at radius 1 is 1.17 bits per heavy atom. The zero-order chi connectivity index (χ0) is 21.3. The maximum absolute atomic E-state index is 13.2. The topological polar surface area (TPSA) is 99.0 Å². The van der Waals surface area contributed by atoms with Gasteiger partial charge in [-0.2, -0.15) is 0 Å². The summed E-state index contributed by atoms with van der Waals surface area (Å²) < 4.78 is 6.32. The molecule has 4 aromatic rings. The van der Waals surface area contributed by atoms with Crippen LogP contribution in [0.5, 0.6) is 0 Å². The number of thiophene rings is 1. The van der Waals surface area contributed by atoms with Crippen LogP contribution in [0.2, 0.25) is 0 Å². The predicted octanol–water partition coefficient (Wildman–Crippen LogP) is 3.38. The first-order valence-corrected chi connectivity index (χ1v) is 10.8. The van der Waals surface area contributed by atoms with Crippen molar-refractivity contribution < 1.29 is 9.53 Å². The number of methoxy groups -OCH3 is 1. The van der Waals surface area contributed by atoms with Crippen molar-refractivity contribution in [3.63, 3.8) is 0 Å². The number of aryl methyl sites for hydroxylation is 2. The molecule has 0 saturated heterocycles. The summed E-state index contributed by atoms with van der Waals surface area (Å²) in [6.07, 6.45) is 1.41. The van der Waals surface area contributed by atoms with E-state index in [-0.39, 0.29) is 18.0 Å². The third-order valence-electron chi connectivity index (χ3n) is 4.49. The molecule has 3 heterocycles. The third-order valence-corrected chi connectivity index (χ3v) is 6.32. The van der Waals surface area contributed by atoms with Crippen LogP contribution in [0.25, 0.3) is 21.3 Å². The molecule has 10 heteroatoms. The summed E-state index contributed by atoms with van der Waals surface area (Å²) in [5.74, 6) is -0.373. The first-order valence-electron chi connectivity index (χ1n) is 9.13. The van der Waals surface area contributed by atoms with E-state index in [1.165, 1.54) is 33.6 Å². The lowest BCUT2D eigenvalue weighted by molar-refractivity contribution is -0.116. The minimum absolute atomic E-state index is 0.163. The number of benzene rings is 1. The molecule has 0 aliphatic carbocycles. The number of ether oxygens (including phenoxy) is 1. The molecule has 154 valence electrons. The van der Waals surface area contributed by atoms with Crippen molar-refractivity contribution in [2.45, 2.75) is 27.0 Å². The van der Waals surface area contributed by atoms with Crippen molar-refractivity contribution in [1.29, 1.82) is 0 Å². The third kappa shape index (κ3) is 4.02. The monoisotopic (exact) mass is 441 g/mol. The van der Waals surface area contributed by atoms with Gasteiger partial charge in [0, 0.05) is 17.6 Å². The van der Waals surface area contributed by atoms with Crippen LogP contribution in [-0.4, -0.2) is 32.8 Å². The second-order valence-corrected chi connectivity index (χ2v) is 9.00. The maximum Gasteiger partial charge on any atom is 0.263 e. The number of rotatable bonds is 6. The molecule has 1 aromatic carbocycles. The Bertz CT molecular complexity index is 1270. The summed E-state index contributed by atoms with van der Waals surface area (Å²) in [5, 5.41) is 12.1. The lowest BCUT2D eigenvalue weighted by Gasteiger charge is -2.06. The van der Waals surface area contributed by atoms with Crippen LogP contribution in [0.15, 0.2) is 35.4 Å². The molecule has 1 amide bonds. The van der Waals surface area contributed by atoms with Gasteiger partial charge in [0.05, 0.1) is 11.7 Å². The SMILES string of the molecule is COCc1nnc(NC(=O)Cn2cnc3sc(C)c(-c4ccc(C)cc4)c3c2=O)s1. The van der Waals surface area contributed by atoms with E-state index < -0.39 is 0 Å². The number of carbonyl (C=O) groups excluding carboxylic acids is 1. The standard InChI is InChI=1S/C20H19N5O3S2/c1-11-4-6-13(7-5-11)16-12(2)29-18-17(16)19(27)25(10-21-18)8-14(26)22-20-24-23-15(30-20)9-28-3/h4-7,10H,8-9H2,1-3H3,(H,22,24,26). The Morgan fingerprint density at radius 3 is 2.67 bits per heavy atom. The molecule has 0 spiro atoms. The summed E-state index contributed by atoms with van der Waals surface area (Å²) in [7, 11) is 1.56. The molecule has 3 aromatic heterocycles. The summed E-state index contributed by atoms with van der Waals surface area (Å²) >= 11 is 2.70. The number of hydrogen-bond donors (Lipinski definition) is 1. The molecule has 0 bridgehead atoms. The van der Waals surface area contributed by atoms with E-state index in [0.717, 1.165) is 21.6 Å². The minimum atomic E-state index is -0.373. The fourth-order valence-electron chi connectivity index (χ4n) is 3.12. The molecule has 4 rings (SSSR count). The van der Waals surface area contributed by atoms with E-state index in [0.29, 0.717) is 27.0 Å². The maximum atomic E-state index is 13.2. The highest BCUT2D eigenvalue weighted by atomic mass is 32.1. The van der Waals surface area contributed by atoms with Crippen LogP contribution in [-0.2, 0) is 22.7 Å². The normalized spacial score (nSPS) is 11.2. The lowest BCUT2D eigenvalue weighted by Crippen LogP contribution is -2.27. The Kier molecular flexibility index (Phi) is 5.71. The second kappa shape index (κ2) is 8.42. The van der Waals surface area contributed by atoms with Crippen molar-refractivity contribution >= 4 is 43.9 Å². The highest BCUT2D eigenvalue weighted by Crippen LogP contribution is 2.35. The van der Waals surface area contributed by atoms with E-state index in [4.69, 9.17) is 4.74 Å². The van der Waals surface area contributed by atoms with Crippen molar-refractivity contribution in [2.75, 3.05) is 12.4 Å².